The van der Waals surface area contributed by atoms with Crippen LogP contribution in [0.4, 0.5) is 0 Å². The summed E-state index contributed by atoms with van der Waals surface area (Å²) in [6.07, 6.45) is 2.39. The zero-order valence-electron chi connectivity index (χ0n) is 12.8. The largest absolute Gasteiger partial charge is 0.338 e. The van der Waals surface area contributed by atoms with Gasteiger partial charge in [0.1, 0.15) is 0 Å². The van der Waals surface area contributed by atoms with E-state index in [9.17, 15) is 8.42 Å². The first kappa shape index (κ1) is 16.1. The zero-order chi connectivity index (χ0) is 16.3. The van der Waals surface area contributed by atoms with Crippen molar-refractivity contribution in [3.05, 3.63) is 47.6 Å². The fourth-order valence-corrected chi connectivity index (χ4v) is 3.85. The Bertz CT molecular complexity index is 745. The maximum atomic E-state index is 11.3. The molecule has 0 bridgehead atoms. The Kier molecular flexibility index (Phi) is 4.74. The van der Waals surface area contributed by atoms with Gasteiger partial charge in [-0.3, -0.25) is 4.90 Å². The third-order valence-corrected chi connectivity index (χ3v) is 4.83. The number of hydrogen-bond acceptors (Lipinski definition) is 6. The van der Waals surface area contributed by atoms with E-state index < -0.39 is 10.0 Å². The summed E-state index contributed by atoms with van der Waals surface area (Å²) in [5, 5.41) is 9.15. The summed E-state index contributed by atoms with van der Waals surface area (Å²) in [4.78, 5) is 6.45. The van der Waals surface area contributed by atoms with Crippen LogP contribution in [0, 0.1) is 0 Å². The number of sulfonamides is 1. The van der Waals surface area contributed by atoms with Gasteiger partial charge in [-0.25, -0.2) is 13.6 Å². The third kappa shape index (κ3) is 4.60. The van der Waals surface area contributed by atoms with Gasteiger partial charge in [-0.05, 0) is 24.9 Å². The fourth-order valence-electron chi connectivity index (χ4n) is 2.94. The van der Waals surface area contributed by atoms with Gasteiger partial charge in [0.2, 0.25) is 15.9 Å². The van der Waals surface area contributed by atoms with E-state index >= 15 is 0 Å². The molecule has 0 spiro atoms. The molecule has 2 heterocycles. The lowest BCUT2D eigenvalue weighted by molar-refractivity contribution is 0.222. The normalized spacial score (nSPS) is 19.3. The second kappa shape index (κ2) is 6.77. The van der Waals surface area contributed by atoms with Crippen LogP contribution in [0.15, 0.2) is 34.9 Å². The summed E-state index contributed by atoms with van der Waals surface area (Å²) in [6, 6.07) is 9.85. The van der Waals surface area contributed by atoms with Crippen LogP contribution in [0.2, 0.25) is 0 Å². The van der Waals surface area contributed by atoms with Crippen molar-refractivity contribution in [1.29, 1.82) is 0 Å². The Morgan fingerprint density at radius 3 is 2.83 bits per heavy atom. The molecule has 2 aromatic rings. The molecule has 1 fully saturated rings. The third-order valence-electron chi connectivity index (χ3n) is 3.98. The number of aromatic nitrogens is 2. The van der Waals surface area contributed by atoms with Crippen molar-refractivity contribution in [2.45, 2.75) is 31.8 Å². The molecule has 1 aliphatic rings. The topological polar surface area (TPSA) is 102 Å². The van der Waals surface area contributed by atoms with E-state index in [1.807, 2.05) is 35.2 Å². The fraction of sp³-hybridized carbons (Fsp3) is 0.467. The Labute approximate surface area is 135 Å². The lowest BCUT2D eigenvalue weighted by atomic mass is 10.1. The predicted octanol–water partition coefficient (Wildman–Crippen LogP) is 0.913. The molecular formula is C15H20N4O3S. The van der Waals surface area contributed by atoms with Gasteiger partial charge in [0.25, 0.3) is 0 Å². The molecule has 0 unspecified atom stereocenters. The highest BCUT2D eigenvalue weighted by molar-refractivity contribution is 7.89. The zero-order valence-corrected chi connectivity index (χ0v) is 13.6. The van der Waals surface area contributed by atoms with Gasteiger partial charge in [-0.2, -0.15) is 4.98 Å². The molecule has 7 nitrogen and oxygen atoms in total. The van der Waals surface area contributed by atoms with E-state index in [-0.39, 0.29) is 11.8 Å². The molecule has 1 aromatic heterocycles. The average Bonchev–Trinajstić information content (AvgIpc) is 3.09. The molecule has 23 heavy (non-hydrogen) atoms. The van der Waals surface area contributed by atoms with Crippen molar-refractivity contribution in [3.63, 3.8) is 0 Å². The van der Waals surface area contributed by atoms with Gasteiger partial charge in [0.05, 0.1) is 12.3 Å². The van der Waals surface area contributed by atoms with E-state index in [1.54, 1.807) is 0 Å². The van der Waals surface area contributed by atoms with E-state index in [0.29, 0.717) is 24.7 Å². The standard InChI is InChI=1S/C15H20N4O3S/c16-23(20,21)11-13-7-4-8-19(13)10-15-17-14(18-22-15)9-12-5-2-1-3-6-12/h1-3,5-6,13H,4,7-11H2,(H2,16,20,21)/t13-/m0/s1. The van der Waals surface area contributed by atoms with E-state index in [2.05, 4.69) is 10.1 Å². The molecular weight excluding hydrogens is 316 g/mol. The second-order valence-electron chi connectivity index (χ2n) is 5.86. The molecule has 1 atom stereocenters. The first-order chi connectivity index (χ1) is 11.0. The molecule has 1 saturated heterocycles. The molecule has 0 amide bonds. The monoisotopic (exact) mass is 336 g/mol. The molecule has 8 heteroatoms. The van der Waals surface area contributed by atoms with Crippen molar-refractivity contribution in [2.75, 3.05) is 12.3 Å². The van der Waals surface area contributed by atoms with E-state index in [1.165, 1.54) is 0 Å². The van der Waals surface area contributed by atoms with Crippen LogP contribution >= 0.6 is 0 Å². The van der Waals surface area contributed by atoms with Crippen molar-refractivity contribution in [2.24, 2.45) is 5.14 Å². The van der Waals surface area contributed by atoms with Gasteiger partial charge in [-0.1, -0.05) is 35.5 Å². The smallest absolute Gasteiger partial charge is 0.240 e. The molecule has 124 valence electrons. The number of rotatable bonds is 6. The van der Waals surface area contributed by atoms with Crippen LogP contribution < -0.4 is 5.14 Å². The SMILES string of the molecule is NS(=O)(=O)C[C@@H]1CCCN1Cc1nc(Cc2ccccc2)no1. The minimum Gasteiger partial charge on any atom is -0.338 e. The first-order valence-corrected chi connectivity index (χ1v) is 9.31. The van der Waals surface area contributed by atoms with Gasteiger partial charge in [0.15, 0.2) is 5.82 Å². The van der Waals surface area contributed by atoms with Crippen molar-refractivity contribution in [3.8, 4) is 0 Å². The maximum Gasteiger partial charge on any atom is 0.240 e. The second-order valence-corrected chi connectivity index (χ2v) is 7.52. The Morgan fingerprint density at radius 2 is 2.09 bits per heavy atom. The minimum absolute atomic E-state index is 0.0298. The quantitative estimate of drug-likeness (QED) is 0.841. The molecule has 1 aromatic carbocycles. The number of nitrogens with two attached hydrogens (primary N) is 1. The van der Waals surface area contributed by atoms with Crippen LogP contribution in [-0.4, -0.2) is 41.8 Å². The first-order valence-electron chi connectivity index (χ1n) is 7.59. The lowest BCUT2D eigenvalue weighted by Crippen LogP contribution is -2.37. The molecule has 1 aliphatic heterocycles. The van der Waals surface area contributed by atoms with Gasteiger partial charge in [0, 0.05) is 12.5 Å². The summed E-state index contributed by atoms with van der Waals surface area (Å²) in [5.41, 5.74) is 1.12. The van der Waals surface area contributed by atoms with Crippen molar-refractivity contribution < 1.29 is 12.9 Å². The summed E-state index contributed by atoms with van der Waals surface area (Å²) >= 11 is 0. The van der Waals surface area contributed by atoms with Crippen LogP contribution in [0.5, 0.6) is 0 Å². The number of primary sulfonamides is 1. The van der Waals surface area contributed by atoms with Gasteiger partial charge in [-0.15, -0.1) is 0 Å². The predicted molar refractivity (Wildman–Crippen MR) is 85.0 cm³/mol. The van der Waals surface area contributed by atoms with Crippen molar-refractivity contribution in [1.82, 2.24) is 15.0 Å². The lowest BCUT2D eigenvalue weighted by Gasteiger charge is -2.21. The Hall–Kier alpha value is -1.77. The molecule has 3 rings (SSSR count). The number of likely N-dealkylation sites (tertiary alicyclic amines) is 1. The maximum absolute atomic E-state index is 11.3. The molecule has 0 aliphatic carbocycles. The Morgan fingerprint density at radius 1 is 1.30 bits per heavy atom. The molecule has 0 saturated carbocycles. The Balaban J connectivity index is 1.62. The summed E-state index contributed by atoms with van der Waals surface area (Å²) in [6.45, 7) is 1.28. The minimum atomic E-state index is -3.48. The van der Waals surface area contributed by atoms with Crippen molar-refractivity contribution >= 4 is 10.0 Å². The number of nitrogens with zero attached hydrogens (tertiary/aromatic N) is 3. The van der Waals surface area contributed by atoms with Crippen LogP contribution in [0.1, 0.15) is 30.1 Å². The van der Waals surface area contributed by atoms with Gasteiger partial charge < -0.3 is 4.52 Å². The number of hydrogen-bond donors (Lipinski definition) is 1. The number of benzene rings is 1. The van der Waals surface area contributed by atoms with Gasteiger partial charge >= 0.3 is 0 Å². The van der Waals surface area contributed by atoms with E-state index in [0.717, 1.165) is 24.9 Å². The summed E-state index contributed by atoms with van der Waals surface area (Å²) in [7, 11) is -3.48. The highest BCUT2D eigenvalue weighted by Crippen LogP contribution is 2.20. The highest BCUT2D eigenvalue weighted by atomic mass is 32.2. The summed E-state index contributed by atoms with van der Waals surface area (Å²) in [5.74, 6) is 1.11. The van der Waals surface area contributed by atoms with Crippen LogP contribution in [0.3, 0.4) is 0 Å². The van der Waals surface area contributed by atoms with Crippen LogP contribution in [0.25, 0.3) is 0 Å². The molecule has 0 radical (unpaired) electrons. The van der Waals surface area contributed by atoms with E-state index in [4.69, 9.17) is 9.66 Å². The highest BCUT2D eigenvalue weighted by Gasteiger charge is 2.29. The average molecular weight is 336 g/mol. The van der Waals surface area contributed by atoms with Crippen LogP contribution in [-0.2, 0) is 23.0 Å². The summed E-state index contributed by atoms with van der Waals surface area (Å²) < 4.78 is 27.9. The molecule has 2 N–H and O–H groups in total.